The lowest BCUT2D eigenvalue weighted by molar-refractivity contribution is 0.403. The number of rotatable bonds is 2. The molecule has 0 aliphatic heterocycles. The van der Waals surface area contributed by atoms with Gasteiger partial charge in [0, 0.05) is 16.7 Å². The van der Waals surface area contributed by atoms with Crippen molar-refractivity contribution in [3.05, 3.63) is 59.2 Å². The molecule has 0 unspecified atom stereocenters. The van der Waals surface area contributed by atoms with Crippen molar-refractivity contribution < 1.29 is 9.84 Å². The second kappa shape index (κ2) is 4.90. The Morgan fingerprint density at radius 1 is 1.00 bits per heavy atom. The monoisotopic (exact) mass is 315 g/mol. The van der Waals surface area contributed by atoms with Gasteiger partial charge in [0.2, 0.25) is 5.88 Å². The van der Waals surface area contributed by atoms with Crippen LogP contribution in [-0.2, 0) is 0 Å². The largest absolute Gasteiger partial charge is 0.504 e. The number of pyridine rings is 1. The van der Waals surface area contributed by atoms with Gasteiger partial charge in [0.25, 0.3) is 0 Å². The molecule has 1 heterocycles. The van der Waals surface area contributed by atoms with E-state index in [1.54, 1.807) is 24.4 Å². The van der Waals surface area contributed by atoms with E-state index in [9.17, 15) is 5.11 Å². The van der Waals surface area contributed by atoms with E-state index in [1.165, 1.54) is 0 Å². The molecule has 3 aromatic rings. The van der Waals surface area contributed by atoms with Crippen LogP contribution < -0.4 is 4.74 Å². The molecule has 1 N–H and O–H groups in total. The Bertz CT molecular complexity index is 726. The van der Waals surface area contributed by atoms with Gasteiger partial charge >= 0.3 is 0 Å². The summed E-state index contributed by atoms with van der Waals surface area (Å²) in [6, 6.07) is 14.8. The molecular weight excluding hydrogens is 306 g/mol. The van der Waals surface area contributed by atoms with Gasteiger partial charge in [0.15, 0.2) is 11.5 Å². The summed E-state index contributed by atoms with van der Waals surface area (Å²) in [5.74, 6) is 0.936. The number of hydrogen-bond acceptors (Lipinski definition) is 3. The van der Waals surface area contributed by atoms with Gasteiger partial charge in [0.05, 0.1) is 0 Å². The van der Waals surface area contributed by atoms with Crippen molar-refractivity contribution in [2.24, 2.45) is 0 Å². The van der Waals surface area contributed by atoms with Crippen molar-refractivity contribution in [2.45, 2.75) is 0 Å². The van der Waals surface area contributed by atoms with E-state index in [0.29, 0.717) is 11.6 Å². The fourth-order valence-electron chi connectivity index (χ4n) is 1.82. The van der Waals surface area contributed by atoms with Crippen molar-refractivity contribution >= 4 is 26.7 Å². The van der Waals surface area contributed by atoms with Crippen LogP contribution in [0.5, 0.6) is 17.4 Å². The van der Waals surface area contributed by atoms with Gasteiger partial charge in [-0.3, -0.25) is 0 Å². The zero-order valence-electron chi connectivity index (χ0n) is 9.88. The highest BCUT2D eigenvalue weighted by Crippen LogP contribution is 2.34. The van der Waals surface area contributed by atoms with Crippen LogP contribution in [0.2, 0.25) is 0 Å². The van der Waals surface area contributed by atoms with Crippen molar-refractivity contribution in [3.8, 4) is 17.4 Å². The zero-order valence-corrected chi connectivity index (χ0v) is 11.5. The summed E-state index contributed by atoms with van der Waals surface area (Å²) in [6.45, 7) is 0. The summed E-state index contributed by atoms with van der Waals surface area (Å²) >= 11 is 3.31. The van der Waals surface area contributed by atoms with Gasteiger partial charge in [0.1, 0.15) is 0 Å². The molecule has 0 spiro atoms. The van der Waals surface area contributed by atoms with E-state index in [-0.39, 0.29) is 5.75 Å². The van der Waals surface area contributed by atoms with E-state index in [0.717, 1.165) is 15.2 Å². The number of benzene rings is 2. The average Bonchev–Trinajstić information content (AvgIpc) is 2.42. The lowest BCUT2D eigenvalue weighted by atomic mass is 10.1. The molecule has 4 heteroatoms. The van der Waals surface area contributed by atoms with E-state index in [2.05, 4.69) is 20.9 Å². The van der Waals surface area contributed by atoms with Crippen molar-refractivity contribution in [1.82, 2.24) is 4.98 Å². The Morgan fingerprint density at radius 2 is 1.74 bits per heavy atom. The van der Waals surface area contributed by atoms with Crippen LogP contribution in [0.1, 0.15) is 0 Å². The summed E-state index contributed by atoms with van der Waals surface area (Å²) in [6.07, 6.45) is 1.65. The summed E-state index contributed by atoms with van der Waals surface area (Å²) in [7, 11) is 0. The number of ether oxygens (including phenoxy) is 1. The third kappa shape index (κ3) is 2.53. The molecule has 0 fully saturated rings. The van der Waals surface area contributed by atoms with Crippen molar-refractivity contribution in [2.75, 3.05) is 0 Å². The normalized spacial score (nSPS) is 10.6. The summed E-state index contributed by atoms with van der Waals surface area (Å²) in [5, 5.41) is 11.9. The number of aromatic hydroxyl groups is 1. The Kier molecular flexibility index (Phi) is 3.09. The Labute approximate surface area is 118 Å². The minimum atomic E-state index is 0.100. The van der Waals surface area contributed by atoms with Gasteiger partial charge < -0.3 is 9.84 Å². The maximum atomic E-state index is 9.96. The first kappa shape index (κ1) is 12.0. The minimum absolute atomic E-state index is 0.100. The second-order valence-electron chi connectivity index (χ2n) is 4.08. The van der Waals surface area contributed by atoms with E-state index in [1.807, 2.05) is 30.3 Å². The van der Waals surface area contributed by atoms with Gasteiger partial charge in [-0.25, -0.2) is 4.98 Å². The summed E-state index contributed by atoms with van der Waals surface area (Å²) in [4.78, 5) is 4.11. The molecule has 94 valence electrons. The SMILES string of the molecule is Oc1cc2ccccc2cc1Oc1ccc(Br)cn1. The Hall–Kier alpha value is -2.07. The average molecular weight is 316 g/mol. The number of hydrogen-bond donors (Lipinski definition) is 1. The van der Waals surface area contributed by atoms with Crippen LogP contribution in [0.3, 0.4) is 0 Å². The zero-order chi connectivity index (χ0) is 13.2. The Balaban J connectivity index is 2.00. The minimum Gasteiger partial charge on any atom is -0.504 e. The number of phenolic OH excluding ortho intramolecular Hbond substituents is 1. The summed E-state index contributed by atoms with van der Waals surface area (Å²) in [5.41, 5.74) is 0. The van der Waals surface area contributed by atoms with E-state index in [4.69, 9.17) is 4.74 Å². The fourth-order valence-corrected chi connectivity index (χ4v) is 2.06. The predicted octanol–water partition coefficient (Wildman–Crippen LogP) is 4.50. The number of fused-ring (bicyclic) bond motifs is 1. The maximum Gasteiger partial charge on any atom is 0.219 e. The first-order valence-electron chi connectivity index (χ1n) is 5.73. The van der Waals surface area contributed by atoms with Gasteiger partial charge in [-0.1, -0.05) is 24.3 Å². The first-order valence-corrected chi connectivity index (χ1v) is 6.53. The molecule has 0 amide bonds. The van der Waals surface area contributed by atoms with E-state index >= 15 is 0 Å². The highest BCUT2D eigenvalue weighted by molar-refractivity contribution is 9.10. The molecule has 0 atom stereocenters. The molecule has 0 aliphatic carbocycles. The maximum absolute atomic E-state index is 9.96. The van der Waals surface area contributed by atoms with Crippen molar-refractivity contribution in [1.29, 1.82) is 0 Å². The quantitative estimate of drug-likeness (QED) is 0.757. The molecule has 0 aliphatic rings. The fraction of sp³-hybridized carbons (Fsp3) is 0. The third-order valence-corrected chi connectivity index (χ3v) is 3.21. The third-order valence-electron chi connectivity index (χ3n) is 2.74. The van der Waals surface area contributed by atoms with Crippen molar-refractivity contribution in [3.63, 3.8) is 0 Å². The molecule has 1 aromatic heterocycles. The smallest absolute Gasteiger partial charge is 0.219 e. The van der Waals surface area contributed by atoms with Crippen LogP contribution in [-0.4, -0.2) is 10.1 Å². The molecule has 0 radical (unpaired) electrons. The van der Waals surface area contributed by atoms with Crippen LogP contribution in [0, 0.1) is 0 Å². The molecule has 19 heavy (non-hydrogen) atoms. The second-order valence-corrected chi connectivity index (χ2v) is 5.00. The number of nitrogens with zero attached hydrogens (tertiary/aromatic N) is 1. The molecule has 0 saturated carbocycles. The van der Waals surface area contributed by atoms with Gasteiger partial charge in [-0.15, -0.1) is 0 Å². The lowest BCUT2D eigenvalue weighted by Crippen LogP contribution is -1.88. The highest BCUT2D eigenvalue weighted by atomic mass is 79.9. The lowest BCUT2D eigenvalue weighted by Gasteiger charge is -2.08. The topological polar surface area (TPSA) is 42.4 Å². The molecular formula is C15H10BrNO2. The number of aromatic nitrogens is 1. The van der Waals surface area contributed by atoms with Crippen LogP contribution in [0.15, 0.2) is 59.2 Å². The van der Waals surface area contributed by atoms with Gasteiger partial charge in [-0.2, -0.15) is 0 Å². The molecule has 3 nitrogen and oxygen atoms in total. The molecule has 0 saturated heterocycles. The van der Waals surface area contributed by atoms with Crippen LogP contribution in [0.25, 0.3) is 10.8 Å². The number of halogens is 1. The molecule has 2 aromatic carbocycles. The van der Waals surface area contributed by atoms with Crippen LogP contribution >= 0.6 is 15.9 Å². The predicted molar refractivity (Wildman–Crippen MR) is 77.6 cm³/mol. The Morgan fingerprint density at radius 3 is 2.42 bits per heavy atom. The standard InChI is InChI=1S/C15H10BrNO2/c16-12-5-6-15(17-9-12)19-14-8-11-4-2-1-3-10(11)7-13(14)18/h1-9,18H. The molecule has 3 rings (SSSR count). The highest BCUT2D eigenvalue weighted by Gasteiger charge is 2.06. The van der Waals surface area contributed by atoms with Gasteiger partial charge in [-0.05, 0) is 44.9 Å². The number of phenols is 1. The molecule has 0 bridgehead atoms. The van der Waals surface area contributed by atoms with E-state index < -0.39 is 0 Å². The summed E-state index contributed by atoms with van der Waals surface area (Å²) < 4.78 is 6.47. The van der Waals surface area contributed by atoms with Crippen LogP contribution in [0.4, 0.5) is 0 Å². The first-order chi connectivity index (χ1) is 9.22.